The summed E-state index contributed by atoms with van der Waals surface area (Å²) >= 11 is 1.74. The third-order valence-corrected chi connectivity index (χ3v) is 5.17. The fourth-order valence-corrected chi connectivity index (χ4v) is 3.69. The van der Waals surface area contributed by atoms with Crippen LogP contribution in [0.2, 0.25) is 0 Å². The minimum absolute atomic E-state index is 0.261. The van der Waals surface area contributed by atoms with E-state index in [1.165, 1.54) is 17.1 Å². The van der Waals surface area contributed by atoms with Crippen molar-refractivity contribution in [1.29, 1.82) is 0 Å². The van der Waals surface area contributed by atoms with Crippen LogP contribution in [0.4, 0.5) is 0 Å². The molecule has 1 aromatic heterocycles. The Hall–Kier alpha value is -0.940. The summed E-state index contributed by atoms with van der Waals surface area (Å²) in [6.07, 6.45) is 3.61. The van der Waals surface area contributed by atoms with Crippen molar-refractivity contribution in [2.45, 2.75) is 46.1 Å². The molecule has 0 aliphatic carbocycles. The van der Waals surface area contributed by atoms with Crippen LogP contribution in [0.1, 0.15) is 43.8 Å². The van der Waals surface area contributed by atoms with Crippen molar-refractivity contribution in [1.82, 2.24) is 9.88 Å². The number of piperidine rings is 1. The lowest BCUT2D eigenvalue weighted by molar-refractivity contribution is -0.138. The SMILES string of the molecule is CCc1nc(CN2CCCC(C(C)CC(=O)O)C2)cs1. The fraction of sp³-hybridized carbons (Fsp3) is 0.733. The first-order chi connectivity index (χ1) is 9.58. The maximum Gasteiger partial charge on any atom is 0.303 e. The summed E-state index contributed by atoms with van der Waals surface area (Å²) in [5.41, 5.74) is 1.17. The number of aromatic nitrogens is 1. The zero-order chi connectivity index (χ0) is 14.5. The Balaban J connectivity index is 1.88. The molecule has 2 heterocycles. The molecule has 2 rings (SSSR count). The number of rotatable bonds is 6. The molecule has 1 N–H and O–H groups in total. The van der Waals surface area contributed by atoms with E-state index in [0.29, 0.717) is 5.92 Å². The minimum Gasteiger partial charge on any atom is -0.481 e. The van der Waals surface area contributed by atoms with Gasteiger partial charge in [-0.05, 0) is 37.6 Å². The Morgan fingerprint density at radius 3 is 3.10 bits per heavy atom. The number of hydrogen-bond acceptors (Lipinski definition) is 4. The van der Waals surface area contributed by atoms with Gasteiger partial charge in [-0.3, -0.25) is 9.69 Å². The number of carboxylic acid groups (broad SMARTS) is 1. The number of thiazole rings is 1. The van der Waals surface area contributed by atoms with Crippen LogP contribution in [-0.4, -0.2) is 34.0 Å². The summed E-state index contributed by atoms with van der Waals surface area (Å²) in [5.74, 6) is 0.0859. The van der Waals surface area contributed by atoms with Gasteiger partial charge in [-0.25, -0.2) is 4.98 Å². The van der Waals surface area contributed by atoms with Gasteiger partial charge in [0.15, 0.2) is 0 Å². The highest BCUT2D eigenvalue weighted by Crippen LogP contribution is 2.27. The van der Waals surface area contributed by atoms with Crippen LogP contribution >= 0.6 is 11.3 Å². The van der Waals surface area contributed by atoms with Crippen LogP contribution in [0.15, 0.2) is 5.38 Å². The van der Waals surface area contributed by atoms with E-state index in [0.717, 1.165) is 32.5 Å². The molecule has 2 atom stereocenters. The molecule has 0 saturated carbocycles. The third kappa shape index (κ3) is 4.28. The van der Waals surface area contributed by atoms with Gasteiger partial charge in [-0.15, -0.1) is 11.3 Å². The van der Waals surface area contributed by atoms with Gasteiger partial charge in [0.25, 0.3) is 0 Å². The van der Waals surface area contributed by atoms with E-state index in [1.54, 1.807) is 11.3 Å². The number of nitrogens with zero attached hydrogens (tertiary/aromatic N) is 2. The van der Waals surface area contributed by atoms with E-state index >= 15 is 0 Å². The number of carboxylic acids is 1. The Labute approximate surface area is 124 Å². The number of aliphatic carboxylic acids is 1. The van der Waals surface area contributed by atoms with Crippen LogP contribution in [0.3, 0.4) is 0 Å². The zero-order valence-electron chi connectivity index (χ0n) is 12.3. The zero-order valence-corrected chi connectivity index (χ0v) is 13.2. The van der Waals surface area contributed by atoms with Crippen molar-refractivity contribution in [2.75, 3.05) is 13.1 Å². The van der Waals surface area contributed by atoms with Gasteiger partial charge in [-0.1, -0.05) is 13.8 Å². The number of likely N-dealkylation sites (tertiary alicyclic amines) is 1. The monoisotopic (exact) mass is 296 g/mol. The second-order valence-corrected chi connectivity index (χ2v) is 6.74. The quantitative estimate of drug-likeness (QED) is 0.876. The van der Waals surface area contributed by atoms with Gasteiger partial charge < -0.3 is 5.11 Å². The predicted octanol–water partition coefficient (Wildman–Crippen LogP) is 3.03. The minimum atomic E-state index is -0.679. The standard InChI is InChI=1S/C15H24N2O2S/c1-3-14-16-13(10-20-14)9-17-6-4-5-12(8-17)11(2)7-15(18)19/h10-12H,3-9H2,1-2H3,(H,18,19). The Morgan fingerprint density at radius 1 is 1.65 bits per heavy atom. The lowest BCUT2D eigenvalue weighted by atomic mass is 9.84. The van der Waals surface area contributed by atoms with Crippen molar-refractivity contribution in [2.24, 2.45) is 11.8 Å². The molecule has 0 aromatic carbocycles. The normalized spacial score (nSPS) is 21.8. The first kappa shape index (κ1) is 15.4. The van der Waals surface area contributed by atoms with E-state index in [1.807, 2.05) is 0 Å². The lowest BCUT2D eigenvalue weighted by Gasteiger charge is -2.35. The molecule has 0 bridgehead atoms. The van der Waals surface area contributed by atoms with Crippen LogP contribution < -0.4 is 0 Å². The summed E-state index contributed by atoms with van der Waals surface area (Å²) in [5, 5.41) is 12.3. The number of aryl methyl sites for hydroxylation is 1. The molecule has 1 fully saturated rings. The van der Waals surface area contributed by atoms with Crippen molar-refractivity contribution >= 4 is 17.3 Å². The van der Waals surface area contributed by atoms with Gasteiger partial charge in [0.2, 0.25) is 0 Å². The van der Waals surface area contributed by atoms with Crippen LogP contribution in [0, 0.1) is 11.8 Å². The van der Waals surface area contributed by atoms with E-state index in [2.05, 4.69) is 29.1 Å². The molecule has 0 radical (unpaired) electrons. The Morgan fingerprint density at radius 2 is 2.45 bits per heavy atom. The average molecular weight is 296 g/mol. The van der Waals surface area contributed by atoms with Gasteiger partial charge in [0.05, 0.1) is 10.7 Å². The van der Waals surface area contributed by atoms with E-state index in [4.69, 9.17) is 5.11 Å². The van der Waals surface area contributed by atoms with Crippen molar-refractivity contribution in [3.63, 3.8) is 0 Å². The molecule has 4 nitrogen and oxygen atoms in total. The lowest BCUT2D eigenvalue weighted by Crippen LogP contribution is -2.37. The van der Waals surface area contributed by atoms with Crippen molar-refractivity contribution in [3.05, 3.63) is 16.1 Å². The third-order valence-electron chi connectivity index (χ3n) is 4.13. The van der Waals surface area contributed by atoms with Gasteiger partial charge >= 0.3 is 5.97 Å². The molecule has 1 aromatic rings. The largest absolute Gasteiger partial charge is 0.481 e. The Kier molecular flexibility index (Phi) is 5.54. The molecule has 0 spiro atoms. The second kappa shape index (κ2) is 7.18. The maximum atomic E-state index is 10.8. The molecule has 2 unspecified atom stereocenters. The number of hydrogen-bond donors (Lipinski definition) is 1. The van der Waals surface area contributed by atoms with Crippen LogP contribution in [0.25, 0.3) is 0 Å². The smallest absolute Gasteiger partial charge is 0.303 e. The first-order valence-corrected chi connectivity index (χ1v) is 8.33. The molecular formula is C15H24N2O2S. The molecule has 1 aliphatic rings. The van der Waals surface area contributed by atoms with Gasteiger partial charge in [-0.2, -0.15) is 0 Å². The highest BCUT2D eigenvalue weighted by Gasteiger charge is 2.26. The van der Waals surface area contributed by atoms with Gasteiger partial charge in [0, 0.05) is 24.9 Å². The maximum absolute atomic E-state index is 10.8. The summed E-state index contributed by atoms with van der Waals surface area (Å²) in [7, 11) is 0. The molecule has 20 heavy (non-hydrogen) atoms. The molecule has 5 heteroatoms. The summed E-state index contributed by atoms with van der Waals surface area (Å²) in [6.45, 7) is 7.23. The molecule has 1 saturated heterocycles. The summed E-state index contributed by atoms with van der Waals surface area (Å²) in [4.78, 5) is 17.9. The van der Waals surface area contributed by atoms with E-state index in [-0.39, 0.29) is 12.3 Å². The number of carbonyl (C=O) groups is 1. The Bertz CT molecular complexity index is 447. The fourth-order valence-electron chi connectivity index (χ4n) is 2.95. The van der Waals surface area contributed by atoms with Crippen molar-refractivity contribution in [3.8, 4) is 0 Å². The highest BCUT2D eigenvalue weighted by atomic mass is 32.1. The predicted molar refractivity (Wildman–Crippen MR) is 80.9 cm³/mol. The van der Waals surface area contributed by atoms with E-state index < -0.39 is 5.97 Å². The van der Waals surface area contributed by atoms with Crippen molar-refractivity contribution < 1.29 is 9.90 Å². The first-order valence-electron chi connectivity index (χ1n) is 7.46. The van der Waals surface area contributed by atoms with Crippen LogP contribution in [0.5, 0.6) is 0 Å². The topological polar surface area (TPSA) is 53.4 Å². The van der Waals surface area contributed by atoms with E-state index in [9.17, 15) is 4.79 Å². The molecule has 1 aliphatic heterocycles. The van der Waals surface area contributed by atoms with Crippen LogP contribution in [-0.2, 0) is 17.8 Å². The summed E-state index contributed by atoms with van der Waals surface area (Å²) < 4.78 is 0. The molecule has 0 amide bonds. The molecule has 112 valence electrons. The molecular weight excluding hydrogens is 272 g/mol. The summed E-state index contributed by atoms with van der Waals surface area (Å²) in [6, 6.07) is 0. The van der Waals surface area contributed by atoms with Gasteiger partial charge in [0.1, 0.15) is 0 Å². The highest BCUT2D eigenvalue weighted by molar-refractivity contribution is 7.09. The second-order valence-electron chi connectivity index (χ2n) is 5.80. The average Bonchev–Trinajstić information content (AvgIpc) is 2.86.